The molecule has 0 aliphatic carbocycles. The maximum Gasteiger partial charge on any atom is 0.263 e. The van der Waals surface area contributed by atoms with Gasteiger partial charge in [0.05, 0.1) is 21.8 Å². The minimum Gasteiger partial charge on any atom is -0.397 e. The molecule has 2 rings (SSSR count). The first-order valence-corrected chi connectivity index (χ1v) is 8.15. The Kier molecular flexibility index (Phi) is 4.22. The van der Waals surface area contributed by atoms with Crippen molar-refractivity contribution in [3.63, 3.8) is 0 Å². The highest BCUT2D eigenvalue weighted by molar-refractivity contribution is 9.10. The molecule has 3 N–H and O–H groups in total. The van der Waals surface area contributed by atoms with Crippen molar-refractivity contribution in [2.75, 3.05) is 10.5 Å². The highest BCUT2D eigenvalue weighted by Crippen LogP contribution is 2.26. The third-order valence-electron chi connectivity index (χ3n) is 2.59. The number of aromatic nitrogens is 1. The first kappa shape index (κ1) is 15.1. The van der Waals surface area contributed by atoms with Gasteiger partial charge in [-0.1, -0.05) is 11.6 Å². The van der Waals surface area contributed by atoms with Crippen LogP contribution < -0.4 is 10.5 Å². The van der Waals surface area contributed by atoms with Crippen molar-refractivity contribution in [3.05, 3.63) is 45.5 Å². The third-order valence-corrected chi connectivity index (χ3v) is 5.16. The Morgan fingerprint density at radius 3 is 2.65 bits per heavy atom. The molecule has 0 saturated carbocycles. The summed E-state index contributed by atoms with van der Waals surface area (Å²) >= 11 is 9.03. The number of nitrogens with one attached hydrogen (secondary N) is 1. The summed E-state index contributed by atoms with van der Waals surface area (Å²) in [7, 11) is -3.72. The number of hydrogen-bond acceptors (Lipinski definition) is 4. The molecule has 0 radical (unpaired) electrons. The number of rotatable bonds is 3. The molecule has 0 unspecified atom stereocenters. The van der Waals surface area contributed by atoms with E-state index in [9.17, 15) is 8.42 Å². The SMILES string of the molecule is Cc1cc(NS(=O)(=O)c2ccc(Cl)c(Br)c2)ncc1N. The van der Waals surface area contributed by atoms with Gasteiger partial charge in [0.2, 0.25) is 0 Å². The third kappa shape index (κ3) is 3.23. The molecule has 0 aliphatic rings. The summed E-state index contributed by atoms with van der Waals surface area (Å²) < 4.78 is 27.3. The minimum absolute atomic E-state index is 0.0880. The lowest BCUT2D eigenvalue weighted by Crippen LogP contribution is -2.14. The second-order valence-corrected chi connectivity index (χ2v) is 7.05. The van der Waals surface area contributed by atoms with E-state index in [0.29, 0.717) is 15.2 Å². The highest BCUT2D eigenvalue weighted by atomic mass is 79.9. The number of halogens is 2. The zero-order valence-electron chi connectivity index (χ0n) is 10.4. The molecule has 20 heavy (non-hydrogen) atoms. The fourth-order valence-electron chi connectivity index (χ4n) is 1.46. The topological polar surface area (TPSA) is 85.1 Å². The number of aryl methyl sites for hydroxylation is 1. The zero-order valence-corrected chi connectivity index (χ0v) is 13.6. The number of sulfonamides is 1. The van der Waals surface area contributed by atoms with Gasteiger partial charge in [0.25, 0.3) is 10.0 Å². The number of nitrogens with zero attached hydrogens (tertiary/aromatic N) is 1. The Morgan fingerprint density at radius 1 is 1.35 bits per heavy atom. The van der Waals surface area contributed by atoms with Gasteiger partial charge in [-0.05, 0) is 52.7 Å². The predicted molar refractivity (Wildman–Crippen MR) is 83.3 cm³/mol. The first-order valence-electron chi connectivity index (χ1n) is 5.49. The minimum atomic E-state index is -3.72. The lowest BCUT2D eigenvalue weighted by molar-refractivity contribution is 0.601. The van der Waals surface area contributed by atoms with Crippen LogP contribution in [0.15, 0.2) is 39.8 Å². The second kappa shape index (κ2) is 5.59. The van der Waals surface area contributed by atoms with Crippen LogP contribution in [0.25, 0.3) is 0 Å². The van der Waals surface area contributed by atoms with Crippen LogP contribution in [0, 0.1) is 6.92 Å². The van der Waals surface area contributed by atoms with Crippen molar-refractivity contribution >= 4 is 49.1 Å². The summed E-state index contributed by atoms with van der Waals surface area (Å²) in [5.41, 5.74) is 6.89. The normalized spacial score (nSPS) is 11.3. The fraction of sp³-hybridized carbons (Fsp3) is 0.0833. The maximum absolute atomic E-state index is 12.2. The number of benzene rings is 1. The molecule has 8 heteroatoms. The second-order valence-electron chi connectivity index (χ2n) is 4.11. The van der Waals surface area contributed by atoms with Crippen molar-refractivity contribution in [1.82, 2.24) is 4.98 Å². The van der Waals surface area contributed by atoms with Crippen molar-refractivity contribution in [2.45, 2.75) is 11.8 Å². The van der Waals surface area contributed by atoms with Crippen molar-refractivity contribution in [3.8, 4) is 0 Å². The summed E-state index contributed by atoms with van der Waals surface area (Å²) in [5, 5.41) is 0.436. The molecular formula is C12H11BrClN3O2S. The molecule has 1 heterocycles. The Hall–Kier alpha value is -1.31. The lowest BCUT2D eigenvalue weighted by atomic mass is 10.2. The van der Waals surface area contributed by atoms with Gasteiger partial charge >= 0.3 is 0 Å². The van der Waals surface area contributed by atoms with E-state index in [1.807, 2.05) is 0 Å². The van der Waals surface area contributed by atoms with E-state index < -0.39 is 10.0 Å². The van der Waals surface area contributed by atoms with Gasteiger partial charge in [-0.15, -0.1) is 0 Å². The standard InChI is InChI=1S/C12H11BrClN3O2S/c1-7-4-12(16-6-11(7)15)17-20(18,19)8-2-3-10(14)9(13)5-8/h2-6H,15H2,1H3,(H,16,17). The Bertz CT molecular complexity index is 765. The predicted octanol–water partition coefficient (Wildman–Crippen LogP) is 3.19. The quantitative estimate of drug-likeness (QED) is 0.861. The summed E-state index contributed by atoms with van der Waals surface area (Å²) in [6, 6.07) is 5.91. The first-order chi connectivity index (χ1) is 9.29. The molecule has 0 aliphatic heterocycles. The Balaban J connectivity index is 2.35. The van der Waals surface area contributed by atoms with Crippen LogP contribution in [0.1, 0.15) is 5.56 Å². The van der Waals surface area contributed by atoms with Gasteiger partial charge in [-0.25, -0.2) is 13.4 Å². The number of nitrogens with two attached hydrogens (primary N) is 1. The summed E-state index contributed by atoms with van der Waals surface area (Å²) in [5.74, 6) is 0.211. The van der Waals surface area contributed by atoms with Gasteiger partial charge in [-0.2, -0.15) is 0 Å². The van der Waals surface area contributed by atoms with Gasteiger partial charge in [0.1, 0.15) is 5.82 Å². The molecule has 1 aromatic carbocycles. The van der Waals surface area contributed by atoms with Crippen LogP contribution in [0.4, 0.5) is 11.5 Å². The van der Waals surface area contributed by atoms with E-state index in [2.05, 4.69) is 25.6 Å². The molecule has 0 bridgehead atoms. The van der Waals surface area contributed by atoms with Crippen molar-refractivity contribution in [1.29, 1.82) is 0 Å². The zero-order chi connectivity index (χ0) is 14.9. The summed E-state index contributed by atoms with van der Waals surface area (Å²) in [6.07, 6.45) is 1.41. The van der Waals surface area contributed by atoms with Crippen LogP contribution in [0.3, 0.4) is 0 Å². The molecule has 0 fully saturated rings. The molecular weight excluding hydrogens is 366 g/mol. The number of hydrogen-bond donors (Lipinski definition) is 2. The van der Waals surface area contributed by atoms with Gasteiger partial charge in [0, 0.05) is 4.47 Å². The number of nitrogen functional groups attached to an aromatic ring is 1. The molecule has 5 nitrogen and oxygen atoms in total. The van der Waals surface area contributed by atoms with Crippen LogP contribution in [-0.2, 0) is 10.0 Å². The van der Waals surface area contributed by atoms with Crippen LogP contribution >= 0.6 is 27.5 Å². The highest BCUT2D eigenvalue weighted by Gasteiger charge is 2.16. The molecule has 2 aromatic rings. The summed E-state index contributed by atoms with van der Waals surface area (Å²) in [4.78, 5) is 4.02. The average molecular weight is 377 g/mol. The number of anilines is 2. The van der Waals surface area contributed by atoms with E-state index in [1.54, 1.807) is 13.0 Å². The molecule has 0 amide bonds. The van der Waals surface area contributed by atoms with Gasteiger partial charge < -0.3 is 5.73 Å². The largest absolute Gasteiger partial charge is 0.397 e. The smallest absolute Gasteiger partial charge is 0.263 e. The Morgan fingerprint density at radius 2 is 2.05 bits per heavy atom. The molecule has 1 aromatic heterocycles. The van der Waals surface area contributed by atoms with Crippen LogP contribution in [0.2, 0.25) is 5.02 Å². The molecule has 0 saturated heterocycles. The fourth-order valence-corrected chi connectivity index (χ4v) is 3.14. The van der Waals surface area contributed by atoms with E-state index in [-0.39, 0.29) is 10.7 Å². The van der Waals surface area contributed by atoms with Crippen LogP contribution in [0.5, 0.6) is 0 Å². The van der Waals surface area contributed by atoms with Gasteiger partial charge in [0.15, 0.2) is 0 Å². The van der Waals surface area contributed by atoms with Crippen LogP contribution in [-0.4, -0.2) is 13.4 Å². The lowest BCUT2D eigenvalue weighted by Gasteiger charge is -2.09. The average Bonchev–Trinajstić information content (AvgIpc) is 2.37. The van der Waals surface area contributed by atoms with E-state index >= 15 is 0 Å². The van der Waals surface area contributed by atoms with E-state index in [1.165, 1.54) is 24.4 Å². The molecule has 0 atom stereocenters. The van der Waals surface area contributed by atoms with Crippen molar-refractivity contribution in [2.24, 2.45) is 0 Å². The molecule has 106 valence electrons. The van der Waals surface area contributed by atoms with Crippen molar-refractivity contribution < 1.29 is 8.42 Å². The monoisotopic (exact) mass is 375 g/mol. The molecule has 0 spiro atoms. The van der Waals surface area contributed by atoms with Gasteiger partial charge in [-0.3, -0.25) is 4.72 Å². The van der Waals surface area contributed by atoms with E-state index in [0.717, 1.165) is 5.56 Å². The number of pyridine rings is 1. The maximum atomic E-state index is 12.2. The van der Waals surface area contributed by atoms with E-state index in [4.69, 9.17) is 17.3 Å². The summed E-state index contributed by atoms with van der Waals surface area (Å²) in [6.45, 7) is 1.77. The Labute approximate surface area is 130 Å².